The zero-order chi connectivity index (χ0) is 14.8. The Morgan fingerprint density at radius 2 is 1.85 bits per heavy atom. The van der Waals surface area contributed by atoms with Crippen LogP contribution in [0.1, 0.15) is 58.8 Å². The fourth-order valence-corrected chi connectivity index (χ4v) is 2.63. The number of carbonyl (C=O) groups is 1. The Morgan fingerprint density at radius 3 is 2.50 bits per heavy atom. The van der Waals surface area contributed by atoms with Gasteiger partial charge in [-0.1, -0.05) is 39.5 Å². The molecule has 1 rings (SSSR count). The van der Waals surface area contributed by atoms with Gasteiger partial charge in [0, 0.05) is 25.7 Å². The van der Waals surface area contributed by atoms with Crippen LogP contribution in [0, 0.1) is 5.92 Å². The van der Waals surface area contributed by atoms with Crippen LogP contribution in [-0.4, -0.2) is 43.0 Å². The summed E-state index contributed by atoms with van der Waals surface area (Å²) >= 11 is 0. The molecule has 0 saturated carbocycles. The molecule has 1 fully saturated rings. The average Bonchev–Trinajstić information content (AvgIpc) is 2.40. The number of hydrogen-bond acceptors (Lipinski definition) is 3. The summed E-state index contributed by atoms with van der Waals surface area (Å²) in [7, 11) is 0. The Bertz CT molecular complexity index is 260. The van der Waals surface area contributed by atoms with Crippen molar-refractivity contribution in [2.75, 3.05) is 26.2 Å². The standard InChI is InChI=1S/C16H33N3O/c1-14(2)7-5-3-4-6-10-18-16(20)13-19-11-8-15(17)9-12-19/h14-15H,3-13,17H2,1-2H3,(H,18,20). The number of nitrogens with one attached hydrogen (secondary N) is 1. The number of carbonyl (C=O) groups excluding carboxylic acids is 1. The SMILES string of the molecule is CC(C)CCCCCCNC(=O)CN1CCC(N)CC1. The van der Waals surface area contributed by atoms with E-state index in [1.807, 2.05) is 0 Å². The number of rotatable bonds is 9. The van der Waals surface area contributed by atoms with Crippen molar-refractivity contribution in [3.8, 4) is 0 Å². The smallest absolute Gasteiger partial charge is 0.234 e. The van der Waals surface area contributed by atoms with Crippen LogP contribution in [0.15, 0.2) is 0 Å². The first-order valence-electron chi connectivity index (χ1n) is 8.32. The molecule has 118 valence electrons. The highest BCUT2D eigenvalue weighted by molar-refractivity contribution is 5.77. The Balaban J connectivity index is 1.92. The third-order valence-electron chi connectivity index (χ3n) is 4.03. The van der Waals surface area contributed by atoms with Gasteiger partial charge in [0.15, 0.2) is 0 Å². The van der Waals surface area contributed by atoms with Crippen molar-refractivity contribution in [2.45, 2.75) is 64.8 Å². The van der Waals surface area contributed by atoms with E-state index in [1.54, 1.807) is 0 Å². The predicted octanol–water partition coefficient (Wildman–Crippen LogP) is 2.13. The van der Waals surface area contributed by atoms with Gasteiger partial charge in [-0.2, -0.15) is 0 Å². The zero-order valence-electron chi connectivity index (χ0n) is 13.4. The molecule has 4 heteroatoms. The van der Waals surface area contributed by atoms with Gasteiger partial charge in [0.1, 0.15) is 0 Å². The fraction of sp³-hybridized carbons (Fsp3) is 0.938. The first-order chi connectivity index (χ1) is 9.58. The van der Waals surface area contributed by atoms with E-state index in [0.29, 0.717) is 12.6 Å². The van der Waals surface area contributed by atoms with Crippen LogP contribution in [0.4, 0.5) is 0 Å². The van der Waals surface area contributed by atoms with Gasteiger partial charge < -0.3 is 11.1 Å². The molecule has 0 spiro atoms. The van der Waals surface area contributed by atoms with Crippen molar-refractivity contribution in [3.63, 3.8) is 0 Å². The number of hydrogen-bond donors (Lipinski definition) is 2. The molecule has 4 nitrogen and oxygen atoms in total. The van der Waals surface area contributed by atoms with E-state index in [4.69, 9.17) is 5.73 Å². The molecule has 1 saturated heterocycles. The molecule has 1 heterocycles. The molecule has 0 atom stereocenters. The summed E-state index contributed by atoms with van der Waals surface area (Å²) in [5.41, 5.74) is 5.86. The normalized spacial score (nSPS) is 17.6. The third kappa shape index (κ3) is 8.54. The largest absolute Gasteiger partial charge is 0.355 e. The molecular weight excluding hydrogens is 250 g/mol. The first kappa shape index (κ1) is 17.4. The third-order valence-corrected chi connectivity index (χ3v) is 4.03. The molecule has 3 N–H and O–H groups in total. The lowest BCUT2D eigenvalue weighted by Gasteiger charge is -2.29. The van der Waals surface area contributed by atoms with E-state index in [9.17, 15) is 4.79 Å². The van der Waals surface area contributed by atoms with Crippen LogP contribution in [0.3, 0.4) is 0 Å². The van der Waals surface area contributed by atoms with Crippen LogP contribution in [0.2, 0.25) is 0 Å². The molecule has 0 aromatic carbocycles. The Hall–Kier alpha value is -0.610. The van der Waals surface area contributed by atoms with Crippen molar-refractivity contribution in [3.05, 3.63) is 0 Å². The van der Waals surface area contributed by atoms with Crippen molar-refractivity contribution in [1.82, 2.24) is 10.2 Å². The highest BCUT2D eigenvalue weighted by atomic mass is 16.2. The first-order valence-corrected chi connectivity index (χ1v) is 8.32. The molecule has 1 aliphatic heterocycles. The number of nitrogens with two attached hydrogens (primary N) is 1. The molecule has 0 bridgehead atoms. The van der Waals surface area contributed by atoms with E-state index < -0.39 is 0 Å². The summed E-state index contributed by atoms with van der Waals surface area (Å²) in [5, 5.41) is 3.03. The highest BCUT2D eigenvalue weighted by Gasteiger charge is 2.17. The van der Waals surface area contributed by atoms with Gasteiger partial charge in [0.2, 0.25) is 5.91 Å². The van der Waals surface area contributed by atoms with Gasteiger partial charge in [0.05, 0.1) is 6.54 Å². The zero-order valence-corrected chi connectivity index (χ0v) is 13.4. The molecule has 0 unspecified atom stereocenters. The van der Waals surface area contributed by atoms with E-state index >= 15 is 0 Å². The van der Waals surface area contributed by atoms with Crippen molar-refractivity contribution in [2.24, 2.45) is 11.7 Å². The molecule has 0 aliphatic carbocycles. The molecule has 0 aromatic rings. The Morgan fingerprint density at radius 1 is 1.20 bits per heavy atom. The second kappa shape index (κ2) is 10.2. The van der Waals surface area contributed by atoms with E-state index in [2.05, 4.69) is 24.1 Å². The summed E-state index contributed by atoms with van der Waals surface area (Å²) in [4.78, 5) is 14.0. The van der Waals surface area contributed by atoms with E-state index in [0.717, 1.165) is 44.8 Å². The minimum atomic E-state index is 0.169. The van der Waals surface area contributed by atoms with Crippen LogP contribution in [-0.2, 0) is 4.79 Å². The fourth-order valence-electron chi connectivity index (χ4n) is 2.63. The predicted molar refractivity (Wildman–Crippen MR) is 84.6 cm³/mol. The van der Waals surface area contributed by atoms with Crippen molar-refractivity contribution < 1.29 is 4.79 Å². The van der Waals surface area contributed by atoms with Crippen LogP contribution in [0.5, 0.6) is 0 Å². The number of nitrogens with zero attached hydrogens (tertiary/aromatic N) is 1. The number of likely N-dealkylation sites (tertiary alicyclic amines) is 1. The van der Waals surface area contributed by atoms with Crippen molar-refractivity contribution >= 4 is 5.91 Å². The van der Waals surface area contributed by atoms with E-state index in [-0.39, 0.29) is 5.91 Å². The van der Waals surface area contributed by atoms with Gasteiger partial charge >= 0.3 is 0 Å². The maximum atomic E-state index is 11.8. The summed E-state index contributed by atoms with van der Waals surface area (Å²) in [5.74, 6) is 0.981. The lowest BCUT2D eigenvalue weighted by molar-refractivity contribution is -0.122. The summed E-state index contributed by atoms with van der Waals surface area (Å²) in [6, 6.07) is 0.333. The van der Waals surface area contributed by atoms with E-state index in [1.165, 1.54) is 25.7 Å². The molecule has 1 aliphatic rings. The molecular formula is C16H33N3O. The van der Waals surface area contributed by atoms with Gasteiger partial charge in [-0.25, -0.2) is 0 Å². The number of unbranched alkanes of at least 4 members (excludes halogenated alkanes) is 3. The molecule has 0 radical (unpaired) electrons. The number of piperidine rings is 1. The maximum absolute atomic E-state index is 11.8. The Kier molecular flexibility index (Phi) is 8.86. The van der Waals surface area contributed by atoms with Gasteiger partial charge in [-0.05, 0) is 25.2 Å². The van der Waals surface area contributed by atoms with Crippen LogP contribution in [0.25, 0.3) is 0 Å². The Labute approximate surface area is 124 Å². The quantitative estimate of drug-likeness (QED) is 0.637. The minimum Gasteiger partial charge on any atom is -0.355 e. The second-order valence-corrected chi connectivity index (χ2v) is 6.56. The lowest BCUT2D eigenvalue weighted by Crippen LogP contribution is -2.44. The van der Waals surface area contributed by atoms with Gasteiger partial charge in [0.25, 0.3) is 0 Å². The maximum Gasteiger partial charge on any atom is 0.234 e. The van der Waals surface area contributed by atoms with Crippen molar-refractivity contribution in [1.29, 1.82) is 0 Å². The summed E-state index contributed by atoms with van der Waals surface area (Å²) in [6.07, 6.45) is 8.30. The lowest BCUT2D eigenvalue weighted by atomic mass is 10.0. The highest BCUT2D eigenvalue weighted by Crippen LogP contribution is 2.09. The topological polar surface area (TPSA) is 58.4 Å². The molecule has 20 heavy (non-hydrogen) atoms. The molecule has 1 amide bonds. The second-order valence-electron chi connectivity index (χ2n) is 6.56. The minimum absolute atomic E-state index is 0.169. The summed E-state index contributed by atoms with van der Waals surface area (Å²) < 4.78 is 0. The molecule has 0 aromatic heterocycles. The summed E-state index contributed by atoms with van der Waals surface area (Å²) in [6.45, 7) is 7.84. The number of amides is 1. The van der Waals surface area contributed by atoms with Crippen LogP contribution >= 0.6 is 0 Å². The monoisotopic (exact) mass is 283 g/mol. The van der Waals surface area contributed by atoms with Gasteiger partial charge in [-0.15, -0.1) is 0 Å². The average molecular weight is 283 g/mol. The van der Waals surface area contributed by atoms with Gasteiger partial charge in [-0.3, -0.25) is 9.69 Å². The van der Waals surface area contributed by atoms with Crippen LogP contribution < -0.4 is 11.1 Å².